The quantitative estimate of drug-likeness (QED) is 0.468. The van der Waals surface area contributed by atoms with Gasteiger partial charge in [-0.2, -0.15) is 0 Å². The Kier molecular flexibility index (Phi) is 16.9. The van der Waals surface area contributed by atoms with E-state index in [2.05, 4.69) is 0 Å². The number of hydrogen-bond acceptors (Lipinski definition) is 3. The van der Waals surface area contributed by atoms with Crippen molar-refractivity contribution in [3.63, 3.8) is 0 Å². The number of aliphatic carboxylic acids is 1. The van der Waals surface area contributed by atoms with E-state index in [1.165, 1.54) is 0 Å². The van der Waals surface area contributed by atoms with Crippen LogP contribution in [0.5, 0.6) is 0 Å². The van der Waals surface area contributed by atoms with Gasteiger partial charge in [0.1, 0.15) is 6.04 Å². The molecule has 0 aromatic heterocycles. The van der Waals surface area contributed by atoms with Gasteiger partial charge in [0.15, 0.2) is 0 Å². The fourth-order valence-electron chi connectivity index (χ4n) is 0.632. The summed E-state index contributed by atoms with van der Waals surface area (Å²) in [5.41, 5.74) is 10.4. The van der Waals surface area contributed by atoms with Gasteiger partial charge in [-0.3, -0.25) is 4.79 Å². The first kappa shape index (κ1) is 18.1. The third-order valence-electron chi connectivity index (χ3n) is 1.29. The van der Waals surface area contributed by atoms with E-state index in [9.17, 15) is 4.79 Å². The van der Waals surface area contributed by atoms with Crippen molar-refractivity contribution in [2.45, 2.75) is 25.3 Å². The third-order valence-corrected chi connectivity index (χ3v) is 1.29. The summed E-state index contributed by atoms with van der Waals surface area (Å²) in [6, 6.07) is -0.716. The van der Waals surface area contributed by atoms with Crippen molar-refractivity contribution in [1.29, 1.82) is 0 Å². The molecule has 12 heavy (non-hydrogen) atoms. The number of halogens is 1. The fourth-order valence-corrected chi connectivity index (χ4v) is 0.632. The molecular weight excluding hydrogens is 231 g/mol. The molecule has 0 fully saturated rings. The standard InChI is InChI=1S/C6H14N2O2.ClH.Cu/c7-4-2-1-3-5(8)6(9)10;;/h5H,1-4,7-8H2,(H,9,10);1H;. The van der Waals surface area contributed by atoms with Crippen molar-refractivity contribution in [1.82, 2.24) is 0 Å². The first-order chi connectivity index (χ1) is 4.68. The number of carboxylic acid groups (broad SMARTS) is 1. The summed E-state index contributed by atoms with van der Waals surface area (Å²) in [5, 5.41) is 8.33. The molecule has 0 rings (SSSR count). The van der Waals surface area contributed by atoms with Gasteiger partial charge in [-0.1, -0.05) is 6.42 Å². The summed E-state index contributed by atoms with van der Waals surface area (Å²) in [6.07, 6.45) is 2.16. The molecule has 0 aliphatic heterocycles. The van der Waals surface area contributed by atoms with Crippen molar-refractivity contribution in [2.24, 2.45) is 11.5 Å². The topological polar surface area (TPSA) is 89.3 Å². The Balaban J connectivity index is -0.000000405. The monoisotopic (exact) mass is 245 g/mol. The molecule has 1 radical (unpaired) electrons. The Morgan fingerprint density at radius 1 is 1.42 bits per heavy atom. The smallest absolute Gasteiger partial charge is 0.320 e. The first-order valence-electron chi connectivity index (χ1n) is 3.37. The second-order valence-electron chi connectivity index (χ2n) is 2.23. The molecule has 0 aliphatic carbocycles. The van der Waals surface area contributed by atoms with Crippen molar-refractivity contribution in [3.05, 3.63) is 0 Å². The normalized spacial score (nSPS) is 10.8. The molecule has 0 amide bonds. The molecule has 0 spiro atoms. The van der Waals surface area contributed by atoms with Crippen LogP contribution in [0.4, 0.5) is 0 Å². The molecular formula is C6H15ClCuN2O2. The van der Waals surface area contributed by atoms with Crippen LogP contribution in [0.1, 0.15) is 19.3 Å². The largest absolute Gasteiger partial charge is 0.480 e. The molecule has 0 aliphatic rings. The minimum absolute atomic E-state index is 0. The Morgan fingerprint density at radius 2 is 1.92 bits per heavy atom. The summed E-state index contributed by atoms with van der Waals surface area (Å²) in [7, 11) is 0. The SMILES string of the molecule is Cl.NCCCCC(N)C(=O)O.[Cu]. The van der Waals surface area contributed by atoms with Crippen molar-refractivity contribution >= 4 is 18.4 Å². The zero-order valence-electron chi connectivity index (χ0n) is 6.63. The van der Waals surface area contributed by atoms with Crippen LogP contribution in [-0.4, -0.2) is 23.7 Å². The summed E-state index contributed by atoms with van der Waals surface area (Å²) < 4.78 is 0. The Labute approximate surface area is 88.9 Å². The van der Waals surface area contributed by atoms with Crippen LogP contribution in [0.3, 0.4) is 0 Å². The second-order valence-corrected chi connectivity index (χ2v) is 2.23. The van der Waals surface area contributed by atoms with Gasteiger partial charge in [0, 0.05) is 17.1 Å². The number of hydrogen-bond donors (Lipinski definition) is 3. The van der Waals surface area contributed by atoms with Crippen molar-refractivity contribution in [3.8, 4) is 0 Å². The molecule has 79 valence electrons. The average Bonchev–Trinajstić information content (AvgIpc) is 1.88. The minimum atomic E-state index is -0.933. The predicted molar refractivity (Wildman–Crippen MR) is 45.8 cm³/mol. The number of unbranched alkanes of at least 4 members (excludes halogenated alkanes) is 1. The van der Waals surface area contributed by atoms with E-state index in [-0.39, 0.29) is 29.5 Å². The van der Waals surface area contributed by atoms with Crippen molar-refractivity contribution < 1.29 is 27.0 Å². The van der Waals surface area contributed by atoms with Crippen molar-refractivity contribution in [2.75, 3.05) is 6.54 Å². The van der Waals surface area contributed by atoms with Crippen LogP contribution in [-0.2, 0) is 21.9 Å². The average molecular weight is 246 g/mol. The minimum Gasteiger partial charge on any atom is -0.480 e. The second kappa shape index (κ2) is 11.2. The molecule has 0 bridgehead atoms. The molecule has 0 aromatic rings. The molecule has 1 unspecified atom stereocenters. The summed E-state index contributed by atoms with van der Waals surface area (Å²) in [5.74, 6) is -0.933. The van der Waals surface area contributed by atoms with Crippen LogP contribution >= 0.6 is 12.4 Å². The van der Waals surface area contributed by atoms with Crippen LogP contribution in [0.2, 0.25) is 0 Å². The number of carboxylic acids is 1. The van der Waals surface area contributed by atoms with Crippen LogP contribution in [0.25, 0.3) is 0 Å². The molecule has 1 atom stereocenters. The Bertz CT molecular complexity index is 116. The van der Waals surface area contributed by atoms with Gasteiger partial charge in [0.2, 0.25) is 0 Å². The van der Waals surface area contributed by atoms with E-state index in [0.29, 0.717) is 13.0 Å². The molecule has 0 heterocycles. The number of nitrogens with two attached hydrogens (primary N) is 2. The maximum absolute atomic E-state index is 10.1. The summed E-state index contributed by atoms with van der Waals surface area (Å²) in [4.78, 5) is 10.1. The van der Waals surface area contributed by atoms with Crippen LogP contribution in [0, 0.1) is 0 Å². The van der Waals surface area contributed by atoms with E-state index in [1.807, 2.05) is 0 Å². The summed E-state index contributed by atoms with van der Waals surface area (Å²) in [6.45, 7) is 0.604. The fraction of sp³-hybridized carbons (Fsp3) is 0.833. The maximum Gasteiger partial charge on any atom is 0.320 e. The van der Waals surface area contributed by atoms with Gasteiger partial charge in [0.05, 0.1) is 0 Å². The van der Waals surface area contributed by atoms with Gasteiger partial charge in [-0.25, -0.2) is 0 Å². The molecule has 0 saturated heterocycles. The van der Waals surface area contributed by atoms with Gasteiger partial charge >= 0.3 is 5.97 Å². The summed E-state index contributed by atoms with van der Waals surface area (Å²) >= 11 is 0. The van der Waals surface area contributed by atoms with E-state index in [4.69, 9.17) is 16.6 Å². The third kappa shape index (κ3) is 10.2. The zero-order chi connectivity index (χ0) is 7.98. The van der Waals surface area contributed by atoms with E-state index < -0.39 is 12.0 Å². The molecule has 6 heteroatoms. The Hall–Kier alpha value is 0.199. The van der Waals surface area contributed by atoms with Gasteiger partial charge in [0.25, 0.3) is 0 Å². The van der Waals surface area contributed by atoms with Gasteiger partial charge < -0.3 is 16.6 Å². The van der Waals surface area contributed by atoms with E-state index in [0.717, 1.165) is 12.8 Å². The van der Waals surface area contributed by atoms with Crippen LogP contribution < -0.4 is 11.5 Å². The maximum atomic E-state index is 10.1. The number of carbonyl (C=O) groups is 1. The van der Waals surface area contributed by atoms with Gasteiger partial charge in [-0.05, 0) is 19.4 Å². The molecule has 5 N–H and O–H groups in total. The van der Waals surface area contributed by atoms with E-state index in [1.54, 1.807) is 0 Å². The number of rotatable bonds is 5. The molecule has 4 nitrogen and oxygen atoms in total. The van der Waals surface area contributed by atoms with E-state index >= 15 is 0 Å². The predicted octanol–water partition coefficient (Wildman–Crippen LogP) is -0.0534. The molecule has 0 aromatic carbocycles. The Morgan fingerprint density at radius 3 is 2.25 bits per heavy atom. The van der Waals surface area contributed by atoms with Gasteiger partial charge in [-0.15, -0.1) is 12.4 Å². The first-order valence-corrected chi connectivity index (χ1v) is 3.37. The van der Waals surface area contributed by atoms with Crippen LogP contribution in [0.15, 0.2) is 0 Å². The molecule has 0 saturated carbocycles. The zero-order valence-corrected chi connectivity index (χ0v) is 8.38.